The van der Waals surface area contributed by atoms with Gasteiger partial charge in [0.2, 0.25) is 0 Å². The lowest BCUT2D eigenvalue weighted by Gasteiger charge is -2.03. The van der Waals surface area contributed by atoms with Gasteiger partial charge in [-0.1, -0.05) is 6.07 Å². The molecular weight excluding hydrogens is 192 g/mol. The fourth-order valence-corrected chi connectivity index (χ4v) is 1.42. The molecule has 2 heterocycles. The summed E-state index contributed by atoms with van der Waals surface area (Å²) in [7, 11) is 1.89. The highest BCUT2D eigenvalue weighted by molar-refractivity contribution is 5.85. The molecule has 0 amide bonds. The van der Waals surface area contributed by atoms with Gasteiger partial charge in [-0.15, -0.1) is 0 Å². The smallest absolute Gasteiger partial charge is 0.354 e. The van der Waals surface area contributed by atoms with E-state index in [0.29, 0.717) is 5.69 Å². The lowest BCUT2D eigenvalue weighted by Crippen LogP contribution is -2.01. The molecule has 0 aliphatic carbocycles. The van der Waals surface area contributed by atoms with Crippen LogP contribution in [0.25, 0.3) is 11.4 Å². The van der Waals surface area contributed by atoms with Crippen molar-refractivity contribution in [2.45, 2.75) is 0 Å². The molecule has 0 fully saturated rings. The summed E-state index contributed by atoms with van der Waals surface area (Å²) >= 11 is 0. The molecule has 2 rings (SSSR count). The van der Waals surface area contributed by atoms with Crippen LogP contribution in [0.2, 0.25) is 0 Å². The van der Waals surface area contributed by atoms with Crippen molar-refractivity contribution >= 4 is 5.97 Å². The van der Waals surface area contributed by atoms with Crippen LogP contribution >= 0.6 is 0 Å². The van der Waals surface area contributed by atoms with Crippen LogP contribution in [0, 0.1) is 0 Å². The van der Waals surface area contributed by atoms with Crippen molar-refractivity contribution in [3.8, 4) is 11.4 Å². The van der Waals surface area contributed by atoms with E-state index < -0.39 is 5.97 Å². The van der Waals surface area contributed by atoms with E-state index >= 15 is 0 Å². The van der Waals surface area contributed by atoms with E-state index in [0.717, 1.165) is 5.69 Å². The van der Waals surface area contributed by atoms with Gasteiger partial charge in [0.25, 0.3) is 0 Å². The number of carboxylic acid groups (broad SMARTS) is 1. The fourth-order valence-electron chi connectivity index (χ4n) is 1.42. The number of hydrogen-bond donors (Lipinski definition) is 1. The molecule has 0 aliphatic heterocycles. The molecule has 2 aromatic rings. The number of rotatable bonds is 2. The van der Waals surface area contributed by atoms with E-state index in [1.807, 2.05) is 29.9 Å². The van der Waals surface area contributed by atoms with Crippen LogP contribution in [-0.2, 0) is 7.05 Å². The first-order valence-corrected chi connectivity index (χ1v) is 4.50. The molecule has 2 aromatic heterocycles. The summed E-state index contributed by atoms with van der Waals surface area (Å²) in [5, 5.41) is 8.81. The van der Waals surface area contributed by atoms with E-state index in [-0.39, 0.29) is 5.69 Å². The number of carbonyl (C=O) groups is 1. The van der Waals surface area contributed by atoms with Crippen LogP contribution in [0.1, 0.15) is 10.5 Å². The van der Waals surface area contributed by atoms with Gasteiger partial charge in [0, 0.05) is 13.2 Å². The van der Waals surface area contributed by atoms with Crippen LogP contribution in [0.15, 0.2) is 36.5 Å². The van der Waals surface area contributed by atoms with Crippen molar-refractivity contribution in [2.24, 2.45) is 7.05 Å². The molecule has 0 spiro atoms. The van der Waals surface area contributed by atoms with Crippen molar-refractivity contribution in [3.63, 3.8) is 0 Å². The molecule has 0 atom stereocenters. The average molecular weight is 202 g/mol. The Labute approximate surface area is 86.8 Å². The molecule has 15 heavy (non-hydrogen) atoms. The largest absolute Gasteiger partial charge is 0.477 e. The summed E-state index contributed by atoms with van der Waals surface area (Å²) in [5.74, 6) is -1.01. The topological polar surface area (TPSA) is 55.1 Å². The van der Waals surface area contributed by atoms with Crippen molar-refractivity contribution in [2.75, 3.05) is 0 Å². The molecule has 0 unspecified atom stereocenters. The van der Waals surface area contributed by atoms with Crippen LogP contribution in [-0.4, -0.2) is 20.6 Å². The minimum atomic E-state index is -1.01. The number of nitrogens with zero attached hydrogens (tertiary/aromatic N) is 2. The Hall–Kier alpha value is -2.10. The second kappa shape index (κ2) is 3.57. The van der Waals surface area contributed by atoms with Crippen LogP contribution in [0.5, 0.6) is 0 Å². The second-order valence-electron chi connectivity index (χ2n) is 3.22. The van der Waals surface area contributed by atoms with Gasteiger partial charge < -0.3 is 9.67 Å². The Balaban J connectivity index is 2.50. The van der Waals surface area contributed by atoms with Crippen LogP contribution in [0.3, 0.4) is 0 Å². The summed E-state index contributed by atoms with van der Waals surface area (Å²) in [5.41, 5.74) is 1.63. The monoisotopic (exact) mass is 202 g/mol. The minimum Gasteiger partial charge on any atom is -0.477 e. The van der Waals surface area contributed by atoms with Gasteiger partial charge in [0.15, 0.2) is 0 Å². The highest BCUT2D eigenvalue weighted by Gasteiger charge is 2.07. The van der Waals surface area contributed by atoms with Crippen molar-refractivity contribution in [3.05, 3.63) is 42.2 Å². The summed E-state index contributed by atoms with van der Waals surface area (Å²) in [6.45, 7) is 0. The Morgan fingerprint density at radius 2 is 2.13 bits per heavy atom. The van der Waals surface area contributed by atoms with Crippen molar-refractivity contribution in [1.82, 2.24) is 9.55 Å². The van der Waals surface area contributed by atoms with E-state index in [2.05, 4.69) is 4.98 Å². The van der Waals surface area contributed by atoms with Gasteiger partial charge in [0.05, 0.1) is 11.4 Å². The third-order valence-corrected chi connectivity index (χ3v) is 2.17. The SMILES string of the molecule is Cn1cccc1-c1cccc(C(=O)O)n1. The lowest BCUT2D eigenvalue weighted by atomic mass is 10.2. The summed E-state index contributed by atoms with van der Waals surface area (Å²) < 4.78 is 1.90. The maximum Gasteiger partial charge on any atom is 0.354 e. The van der Waals surface area contributed by atoms with Crippen molar-refractivity contribution in [1.29, 1.82) is 0 Å². The third kappa shape index (κ3) is 1.74. The molecule has 4 nitrogen and oxygen atoms in total. The number of hydrogen-bond acceptors (Lipinski definition) is 2. The summed E-state index contributed by atoms with van der Waals surface area (Å²) in [6, 6.07) is 8.76. The molecule has 0 saturated heterocycles. The zero-order valence-corrected chi connectivity index (χ0v) is 8.21. The Morgan fingerprint density at radius 1 is 1.33 bits per heavy atom. The second-order valence-corrected chi connectivity index (χ2v) is 3.22. The quantitative estimate of drug-likeness (QED) is 0.807. The molecule has 0 aliphatic rings. The van der Waals surface area contributed by atoms with Gasteiger partial charge in [0.1, 0.15) is 5.69 Å². The number of aromatic carboxylic acids is 1. The summed E-state index contributed by atoms with van der Waals surface area (Å²) in [6.07, 6.45) is 1.89. The van der Waals surface area contributed by atoms with E-state index in [9.17, 15) is 4.79 Å². The number of carboxylic acids is 1. The van der Waals surface area contributed by atoms with Gasteiger partial charge in [-0.2, -0.15) is 0 Å². The van der Waals surface area contributed by atoms with Gasteiger partial charge in [-0.25, -0.2) is 9.78 Å². The van der Waals surface area contributed by atoms with E-state index in [1.165, 1.54) is 6.07 Å². The van der Waals surface area contributed by atoms with Gasteiger partial charge >= 0.3 is 5.97 Å². The number of aryl methyl sites for hydroxylation is 1. The minimum absolute atomic E-state index is 0.0636. The van der Waals surface area contributed by atoms with Crippen molar-refractivity contribution < 1.29 is 9.90 Å². The van der Waals surface area contributed by atoms with Gasteiger partial charge in [-0.05, 0) is 24.3 Å². The molecule has 1 N–H and O–H groups in total. The normalized spacial score (nSPS) is 10.2. The Kier molecular flexibility index (Phi) is 2.25. The molecule has 0 saturated carbocycles. The fraction of sp³-hybridized carbons (Fsp3) is 0.0909. The standard InChI is InChI=1S/C11H10N2O2/c1-13-7-3-6-10(13)8-4-2-5-9(12-8)11(14)15/h2-7H,1H3,(H,14,15). The highest BCUT2D eigenvalue weighted by atomic mass is 16.4. The first-order valence-electron chi connectivity index (χ1n) is 4.50. The predicted molar refractivity (Wildman–Crippen MR) is 55.6 cm³/mol. The Bertz CT molecular complexity index is 503. The Morgan fingerprint density at radius 3 is 2.73 bits per heavy atom. The van der Waals surface area contributed by atoms with E-state index in [4.69, 9.17) is 5.11 Å². The molecule has 4 heteroatoms. The lowest BCUT2D eigenvalue weighted by molar-refractivity contribution is 0.0690. The molecule has 76 valence electrons. The summed E-state index contributed by atoms with van der Waals surface area (Å²) in [4.78, 5) is 14.8. The molecular formula is C11H10N2O2. The zero-order chi connectivity index (χ0) is 10.8. The maximum atomic E-state index is 10.7. The first kappa shape index (κ1) is 9.45. The first-order chi connectivity index (χ1) is 7.18. The predicted octanol–water partition coefficient (Wildman–Crippen LogP) is 1.79. The van der Waals surface area contributed by atoms with E-state index in [1.54, 1.807) is 12.1 Å². The molecule has 0 radical (unpaired) electrons. The number of aromatic nitrogens is 2. The zero-order valence-electron chi connectivity index (χ0n) is 8.21. The van der Waals surface area contributed by atoms with Crippen LogP contribution in [0.4, 0.5) is 0 Å². The molecule has 0 bridgehead atoms. The molecule has 0 aromatic carbocycles. The van der Waals surface area contributed by atoms with Gasteiger partial charge in [-0.3, -0.25) is 0 Å². The maximum absolute atomic E-state index is 10.7. The third-order valence-electron chi connectivity index (χ3n) is 2.17. The number of pyridine rings is 1. The highest BCUT2D eigenvalue weighted by Crippen LogP contribution is 2.16. The van der Waals surface area contributed by atoms with Crippen LogP contribution < -0.4 is 0 Å². The average Bonchev–Trinajstić information content (AvgIpc) is 2.64.